The second-order valence-electron chi connectivity index (χ2n) is 5.24. The lowest BCUT2D eigenvalue weighted by Gasteiger charge is -2.15. The largest absolute Gasteiger partial charge is 0.324 e. The average Bonchev–Trinajstić information content (AvgIpc) is 2.54. The maximum Gasteiger partial charge on any atom is 0.271 e. The zero-order valence-electron chi connectivity index (χ0n) is 13.1. The number of anilines is 1. The number of hydrogen-bond acceptors (Lipinski definition) is 4. The quantitative estimate of drug-likeness (QED) is 0.599. The Morgan fingerprint density at radius 1 is 1.28 bits per heavy atom. The molecule has 132 valence electrons. The minimum absolute atomic E-state index is 0.0279. The molecule has 0 aliphatic heterocycles. The topological polar surface area (TPSA) is 84.3 Å². The summed E-state index contributed by atoms with van der Waals surface area (Å²) in [5.41, 5.74) is 0.254. The first-order chi connectivity index (χ1) is 11.8. The second-order valence-corrected chi connectivity index (χ2v) is 5.65. The molecule has 0 heterocycles. The van der Waals surface area contributed by atoms with Crippen LogP contribution in [0.3, 0.4) is 0 Å². The second kappa shape index (κ2) is 8.00. The predicted molar refractivity (Wildman–Crippen MR) is 89.5 cm³/mol. The molecule has 2 aromatic rings. The van der Waals surface area contributed by atoms with Crippen LogP contribution in [0.15, 0.2) is 36.4 Å². The van der Waals surface area contributed by atoms with Crippen molar-refractivity contribution in [3.8, 4) is 0 Å². The number of carbonyl (C=O) groups is 1. The van der Waals surface area contributed by atoms with Crippen LogP contribution in [0.2, 0.25) is 5.02 Å². The van der Waals surface area contributed by atoms with Gasteiger partial charge in [0.1, 0.15) is 11.6 Å². The third-order valence-electron chi connectivity index (χ3n) is 3.44. The zero-order chi connectivity index (χ0) is 18.6. The highest BCUT2D eigenvalue weighted by atomic mass is 35.5. The summed E-state index contributed by atoms with van der Waals surface area (Å²) in [4.78, 5) is 22.0. The van der Waals surface area contributed by atoms with E-state index in [1.165, 1.54) is 18.2 Å². The fourth-order valence-corrected chi connectivity index (χ4v) is 2.34. The van der Waals surface area contributed by atoms with E-state index in [4.69, 9.17) is 11.6 Å². The van der Waals surface area contributed by atoms with Gasteiger partial charge in [-0.3, -0.25) is 14.9 Å². The van der Waals surface area contributed by atoms with E-state index in [1.807, 2.05) is 0 Å². The number of nitro groups is 1. The van der Waals surface area contributed by atoms with Gasteiger partial charge in [-0.05, 0) is 19.1 Å². The van der Waals surface area contributed by atoms with Crippen LogP contribution in [0, 0.1) is 21.7 Å². The summed E-state index contributed by atoms with van der Waals surface area (Å²) in [5, 5.41) is 16.0. The van der Waals surface area contributed by atoms with Crippen LogP contribution in [-0.2, 0) is 4.79 Å². The minimum Gasteiger partial charge on any atom is -0.324 e. The smallest absolute Gasteiger partial charge is 0.271 e. The Hall–Kier alpha value is -2.58. The number of nitrogens with one attached hydrogen (secondary N) is 2. The molecule has 25 heavy (non-hydrogen) atoms. The van der Waals surface area contributed by atoms with Crippen LogP contribution in [0.1, 0.15) is 18.5 Å². The number of rotatable bonds is 6. The van der Waals surface area contributed by atoms with Crippen molar-refractivity contribution in [2.45, 2.75) is 13.0 Å². The molecule has 1 amide bonds. The molecule has 2 N–H and O–H groups in total. The van der Waals surface area contributed by atoms with Crippen LogP contribution >= 0.6 is 11.6 Å². The highest BCUT2D eigenvalue weighted by Gasteiger charge is 2.14. The molecule has 2 aromatic carbocycles. The Morgan fingerprint density at radius 3 is 2.60 bits per heavy atom. The van der Waals surface area contributed by atoms with Crippen LogP contribution in [0.25, 0.3) is 0 Å². The maximum absolute atomic E-state index is 13.7. The third kappa shape index (κ3) is 4.94. The van der Waals surface area contributed by atoms with E-state index < -0.39 is 28.5 Å². The number of nitro benzene ring substituents is 1. The van der Waals surface area contributed by atoms with Crippen molar-refractivity contribution in [1.82, 2.24) is 5.32 Å². The van der Waals surface area contributed by atoms with Gasteiger partial charge >= 0.3 is 0 Å². The van der Waals surface area contributed by atoms with E-state index in [9.17, 15) is 23.7 Å². The van der Waals surface area contributed by atoms with E-state index in [-0.39, 0.29) is 28.5 Å². The van der Waals surface area contributed by atoms with Gasteiger partial charge in [-0.2, -0.15) is 0 Å². The first-order valence-electron chi connectivity index (χ1n) is 7.20. The molecule has 0 spiro atoms. The fraction of sp³-hybridized carbons (Fsp3) is 0.188. The van der Waals surface area contributed by atoms with Gasteiger partial charge in [0.15, 0.2) is 0 Å². The van der Waals surface area contributed by atoms with Crippen molar-refractivity contribution in [3.05, 3.63) is 68.7 Å². The summed E-state index contributed by atoms with van der Waals surface area (Å²) in [6, 6.07) is 6.33. The number of non-ortho nitro benzene ring substituents is 1. The predicted octanol–water partition coefficient (Wildman–Crippen LogP) is 3.82. The SMILES string of the molecule is C[C@H](NCC(=O)Nc1ccc([N+](=O)[O-])cc1Cl)c1ccc(F)cc1F. The molecular weight excluding hydrogens is 356 g/mol. The van der Waals surface area contributed by atoms with E-state index in [0.29, 0.717) is 0 Å². The lowest BCUT2D eigenvalue weighted by molar-refractivity contribution is -0.384. The van der Waals surface area contributed by atoms with Crippen molar-refractivity contribution in [2.24, 2.45) is 0 Å². The van der Waals surface area contributed by atoms with Gasteiger partial charge in [-0.15, -0.1) is 0 Å². The van der Waals surface area contributed by atoms with Crippen molar-refractivity contribution >= 4 is 28.9 Å². The van der Waals surface area contributed by atoms with Crippen molar-refractivity contribution in [3.63, 3.8) is 0 Å². The summed E-state index contributed by atoms with van der Waals surface area (Å²) in [7, 11) is 0. The Kier molecular flexibility index (Phi) is 6.00. The molecule has 1 atom stereocenters. The summed E-state index contributed by atoms with van der Waals surface area (Å²) in [5.74, 6) is -1.86. The van der Waals surface area contributed by atoms with Gasteiger partial charge in [-0.1, -0.05) is 17.7 Å². The summed E-state index contributed by atoms with van der Waals surface area (Å²) in [6.45, 7) is 1.47. The van der Waals surface area contributed by atoms with Crippen LogP contribution in [-0.4, -0.2) is 17.4 Å². The zero-order valence-corrected chi connectivity index (χ0v) is 13.8. The van der Waals surface area contributed by atoms with Crippen LogP contribution in [0.4, 0.5) is 20.2 Å². The van der Waals surface area contributed by atoms with Crippen molar-refractivity contribution in [1.29, 1.82) is 0 Å². The molecule has 0 radical (unpaired) electrons. The van der Waals surface area contributed by atoms with E-state index in [0.717, 1.165) is 18.2 Å². The molecular formula is C16H14ClF2N3O3. The standard InChI is InChI=1S/C16H14ClF2N3O3/c1-9(12-4-2-10(18)6-14(12)19)20-8-16(23)21-15-5-3-11(22(24)25)7-13(15)17/h2-7,9,20H,8H2,1H3,(H,21,23)/t9-/m0/s1. The number of nitrogens with zero attached hydrogens (tertiary/aromatic N) is 1. The maximum atomic E-state index is 13.7. The normalized spacial score (nSPS) is 11.8. The average molecular weight is 370 g/mol. The summed E-state index contributed by atoms with van der Waals surface area (Å²) in [6.07, 6.45) is 0. The molecule has 9 heteroatoms. The molecule has 0 aliphatic carbocycles. The monoisotopic (exact) mass is 369 g/mol. The first-order valence-corrected chi connectivity index (χ1v) is 7.58. The van der Waals surface area contributed by atoms with Gasteiger partial charge in [0.05, 0.1) is 22.2 Å². The van der Waals surface area contributed by atoms with E-state index in [2.05, 4.69) is 10.6 Å². The number of amides is 1. The molecule has 0 aromatic heterocycles. The molecule has 0 saturated heterocycles. The number of benzene rings is 2. The lowest BCUT2D eigenvalue weighted by Crippen LogP contribution is -2.30. The molecule has 0 saturated carbocycles. The summed E-state index contributed by atoms with van der Waals surface area (Å²) < 4.78 is 26.6. The molecule has 0 aliphatic rings. The molecule has 2 rings (SSSR count). The number of halogens is 3. The van der Waals surface area contributed by atoms with Gasteiger partial charge in [-0.25, -0.2) is 8.78 Å². The Morgan fingerprint density at radius 2 is 2.00 bits per heavy atom. The van der Waals surface area contributed by atoms with Crippen LogP contribution in [0.5, 0.6) is 0 Å². The summed E-state index contributed by atoms with van der Waals surface area (Å²) >= 11 is 5.89. The molecule has 0 unspecified atom stereocenters. The Labute approximate surface area is 146 Å². The number of hydrogen-bond donors (Lipinski definition) is 2. The Bertz CT molecular complexity index is 817. The highest BCUT2D eigenvalue weighted by molar-refractivity contribution is 6.34. The van der Waals surface area contributed by atoms with Gasteiger partial charge in [0.25, 0.3) is 5.69 Å². The first kappa shape index (κ1) is 18.8. The van der Waals surface area contributed by atoms with E-state index >= 15 is 0 Å². The highest BCUT2D eigenvalue weighted by Crippen LogP contribution is 2.26. The van der Waals surface area contributed by atoms with Crippen LogP contribution < -0.4 is 10.6 Å². The molecule has 0 fully saturated rings. The number of carbonyl (C=O) groups excluding carboxylic acids is 1. The van der Waals surface area contributed by atoms with Gasteiger partial charge < -0.3 is 10.6 Å². The third-order valence-corrected chi connectivity index (χ3v) is 3.75. The Balaban J connectivity index is 1.95. The van der Waals surface area contributed by atoms with Crippen molar-refractivity contribution in [2.75, 3.05) is 11.9 Å². The lowest BCUT2D eigenvalue weighted by atomic mass is 10.1. The van der Waals surface area contributed by atoms with Gasteiger partial charge in [0.2, 0.25) is 5.91 Å². The van der Waals surface area contributed by atoms with Crippen molar-refractivity contribution < 1.29 is 18.5 Å². The fourth-order valence-electron chi connectivity index (χ4n) is 2.12. The molecule has 6 nitrogen and oxygen atoms in total. The van der Waals surface area contributed by atoms with Gasteiger partial charge in [0, 0.05) is 29.8 Å². The molecule has 0 bridgehead atoms. The van der Waals surface area contributed by atoms with E-state index in [1.54, 1.807) is 6.92 Å². The minimum atomic E-state index is -0.709.